The fourth-order valence-electron chi connectivity index (χ4n) is 6.11. The summed E-state index contributed by atoms with van der Waals surface area (Å²) in [6.07, 6.45) is 5.85. The average molecular weight is 566 g/mol. The topological polar surface area (TPSA) is 115 Å². The molecule has 11 heteroatoms. The molecule has 0 radical (unpaired) electrons. The van der Waals surface area contributed by atoms with Gasteiger partial charge in [0.15, 0.2) is 5.65 Å². The van der Waals surface area contributed by atoms with Crippen LogP contribution in [0, 0.1) is 17.8 Å². The Morgan fingerprint density at radius 1 is 1.15 bits per heavy atom. The van der Waals surface area contributed by atoms with Crippen molar-refractivity contribution in [1.29, 1.82) is 0 Å². The zero-order valence-electron chi connectivity index (χ0n) is 23.3. The van der Waals surface area contributed by atoms with Crippen LogP contribution < -0.4 is 10.7 Å². The van der Waals surface area contributed by atoms with Gasteiger partial charge in [-0.3, -0.25) is 9.51 Å². The highest BCUT2D eigenvalue weighted by atomic mass is 35.5. The van der Waals surface area contributed by atoms with E-state index in [9.17, 15) is 4.79 Å². The van der Waals surface area contributed by atoms with E-state index in [2.05, 4.69) is 40.4 Å². The summed E-state index contributed by atoms with van der Waals surface area (Å²) in [5.41, 5.74) is 2.96. The molecular weight excluding hydrogens is 530 g/mol. The molecule has 1 saturated heterocycles. The number of hydrogen-bond acceptors (Lipinski definition) is 8. The van der Waals surface area contributed by atoms with Gasteiger partial charge in [-0.2, -0.15) is 4.98 Å². The van der Waals surface area contributed by atoms with Gasteiger partial charge in [0.05, 0.1) is 19.3 Å². The smallest absolute Gasteiger partial charge is 0.377 e. The fourth-order valence-corrected chi connectivity index (χ4v) is 6.30. The standard InChI is InChI=1S/C29H36ClN7O3/c1-17(2)13-22-16-39-12-11-36(22)28-33-25-24(37(28)15-19-9-7-18(3)8-10-19)23(20-5-4-6-21(30)14-20)31-26(32-25)27-34-29(38)40-35-27/h4-6,14,17-19,22H,7-13,15-16H2,1-3H3,(H,34,35,38)/t18-,19-,22-/m0/s1. The lowest BCUT2D eigenvalue weighted by Crippen LogP contribution is -2.47. The molecule has 0 unspecified atom stereocenters. The molecule has 4 heterocycles. The highest BCUT2D eigenvalue weighted by Crippen LogP contribution is 2.37. The molecule has 1 aliphatic carbocycles. The number of fused-ring (bicyclic) bond motifs is 1. The number of nitrogens with zero attached hydrogens (tertiary/aromatic N) is 6. The first-order valence-corrected chi connectivity index (χ1v) is 14.7. The number of nitrogens with one attached hydrogen (secondary N) is 1. The Balaban J connectivity index is 1.57. The minimum absolute atomic E-state index is 0.164. The van der Waals surface area contributed by atoms with Gasteiger partial charge in [0, 0.05) is 23.7 Å². The van der Waals surface area contributed by atoms with Crippen molar-refractivity contribution in [3.8, 4) is 22.9 Å². The molecule has 1 N–H and O–H groups in total. The highest BCUT2D eigenvalue weighted by Gasteiger charge is 2.32. The number of imidazole rings is 1. The van der Waals surface area contributed by atoms with E-state index < -0.39 is 5.76 Å². The van der Waals surface area contributed by atoms with Crippen molar-refractivity contribution in [1.82, 2.24) is 29.7 Å². The number of halogens is 1. The fraction of sp³-hybridized carbons (Fsp3) is 0.552. The first-order valence-electron chi connectivity index (χ1n) is 14.3. The van der Waals surface area contributed by atoms with Crippen LogP contribution in [-0.2, 0) is 11.3 Å². The number of benzene rings is 1. The molecule has 2 fully saturated rings. The van der Waals surface area contributed by atoms with Gasteiger partial charge in [0.25, 0.3) is 0 Å². The van der Waals surface area contributed by atoms with Crippen LogP contribution in [0.4, 0.5) is 5.95 Å². The van der Waals surface area contributed by atoms with Crippen molar-refractivity contribution in [2.75, 3.05) is 24.7 Å². The Morgan fingerprint density at radius 2 is 1.98 bits per heavy atom. The van der Waals surface area contributed by atoms with E-state index >= 15 is 0 Å². The van der Waals surface area contributed by atoms with E-state index in [1.165, 1.54) is 25.7 Å². The number of hydrogen-bond donors (Lipinski definition) is 1. The number of aromatic amines is 1. The number of ether oxygens (including phenoxy) is 1. The maximum Gasteiger partial charge on any atom is 0.439 e. The second kappa shape index (κ2) is 11.3. The number of morpholine rings is 1. The van der Waals surface area contributed by atoms with Gasteiger partial charge < -0.3 is 14.2 Å². The van der Waals surface area contributed by atoms with Gasteiger partial charge in [-0.15, -0.1) is 0 Å². The molecule has 10 nitrogen and oxygen atoms in total. The predicted molar refractivity (Wildman–Crippen MR) is 154 cm³/mol. The first kappa shape index (κ1) is 27.0. The third kappa shape index (κ3) is 5.51. The van der Waals surface area contributed by atoms with Crippen LogP contribution in [0.25, 0.3) is 34.1 Å². The van der Waals surface area contributed by atoms with Gasteiger partial charge in [-0.25, -0.2) is 14.8 Å². The number of aromatic nitrogens is 6. The molecular formula is C29H36ClN7O3. The summed E-state index contributed by atoms with van der Waals surface area (Å²) in [5.74, 6) is 2.47. The van der Waals surface area contributed by atoms with Crippen molar-refractivity contribution >= 4 is 28.7 Å². The molecule has 0 spiro atoms. The van der Waals surface area contributed by atoms with Crippen LogP contribution >= 0.6 is 11.6 Å². The molecule has 6 rings (SSSR count). The molecule has 3 aromatic heterocycles. The lowest BCUT2D eigenvalue weighted by molar-refractivity contribution is 0.0863. The summed E-state index contributed by atoms with van der Waals surface area (Å²) >= 11 is 6.45. The SMILES string of the molecule is CC(C)C[C@H]1COCCN1c1nc2nc(-c3noc(=O)[nH]3)nc(-c3cccc(Cl)c3)c2n1C[C@H]1CC[C@H](C)CC1. The molecule has 1 aromatic carbocycles. The molecule has 0 amide bonds. The first-order chi connectivity index (χ1) is 19.4. The van der Waals surface area contributed by atoms with E-state index in [0.717, 1.165) is 42.5 Å². The van der Waals surface area contributed by atoms with Crippen molar-refractivity contribution in [3.05, 3.63) is 39.8 Å². The molecule has 1 aliphatic heterocycles. The summed E-state index contributed by atoms with van der Waals surface area (Å²) in [4.78, 5) is 31.7. The summed E-state index contributed by atoms with van der Waals surface area (Å²) in [6, 6.07) is 7.85. The molecule has 0 bridgehead atoms. The molecule has 4 aromatic rings. The van der Waals surface area contributed by atoms with Gasteiger partial charge in [0.2, 0.25) is 17.6 Å². The Morgan fingerprint density at radius 3 is 2.70 bits per heavy atom. The third-order valence-electron chi connectivity index (χ3n) is 8.14. The highest BCUT2D eigenvalue weighted by molar-refractivity contribution is 6.30. The van der Waals surface area contributed by atoms with Crippen molar-refractivity contribution in [3.63, 3.8) is 0 Å². The van der Waals surface area contributed by atoms with E-state index in [1.54, 1.807) is 0 Å². The van der Waals surface area contributed by atoms with Crippen LogP contribution in [-0.4, -0.2) is 55.5 Å². The van der Waals surface area contributed by atoms with Crippen molar-refractivity contribution in [2.45, 2.75) is 65.5 Å². The quantitative estimate of drug-likeness (QED) is 0.309. The van der Waals surface area contributed by atoms with Crippen LogP contribution in [0.15, 0.2) is 33.6 Å². The van der Waals surface area contributed by atoms with Gasteiger partial charge in [-0.1, -0.05) is 62.5 Å². The third-order valence-corrected chi connectivity index (χ3v) is 8.37. The number of anilines is 1. The second-order valence-electron chi connectivity index (χ2n) is 11.7. The summed E-state index contributed by atoms with van der Waals surface area (Å²) in [5, 5.41) is 4.46. The Hall–Kier alpha value is -3.24. The van der Waals surface area contributed by atoms with Crippen LogP contribution in [0.1, 0.15) is 52.9 Å². The average Bonchev–Trinajstić information content (AvgIpc) is 3.53. The van der Waals surface area contributed by atoms with E-state index in [-0.39, 0.29) is 17.7 Å². The van der Waals surface area contributed by atoms with Gasteiger partial charge in [-0.05, 0) is 49.1 Å². The largest absolute Gasteiger partial charge is 0.439 e. The zero-order valence-corrected chi connectivity index (χ0v) is 24.0. The minimum Gasteiger partial charge on any atom is -0.377 e. The Labute approximate surface area is 238 Å². The molecule has 2 aliphatic rings. The van der Waals surface area contributed by atoms with E-state index in [0.29, 0.717) is 41.4 Å². The summed E-state index contributed by atoms with van der Waals surface area (Å²) < 4.78 is 13.0. The Bertz CT molecular complexity index is 1540. The van der Waals surface area contributed by atoms with E-state index in [1.807, 2.05) is 24.3 Å². The number of rotatable bonds is 7. The second-order valence-corrected chi connectivity index (χ2v) is 12.2. The normalized spacial score (nSPS) is 21.9. The zero-order chi connectivity index (χ0) is 27.8. The maximum absolute atomic E-state index is 11.8. The predicted octanol–water partition coefficient (Wildman–Crippen LogP) is 5.57. The summed E-state index contributed by atoms with van der Waals surface area (Å²) in [7, 11) is 0. The number of H-pyrrole nitrogens is 1. The van der Waals surface area contributed by atoms with Crippen LogP contribution in [0.3, 0.4) is 0 Å². The van der Waals surface area contributed by atoms with Gasteiger partial charge in [0.1, 0.15) is 11.2 Å². The monoisotopic (exact) mass is 565 g/mol. The minimum atomic E-state index is -0.661. The van der Waals surface area contributed by atoms with Crippen LogP contribution in [0.2, 0.25) is 5.02 Å². The Kier molecular flexibility index (Phi) is 7.63. The molecule has 1 atom stereocenters. The van der Waals surface area contributed by atoms with E-state index in [4.69, 9.17) is 35.8 Å². The molecule has 1 saturated carbocycles. The van der Waals surface area contributed by atoms with Crippen LogP contribution in [0.5, 0.6) is 0 Å². The lowest BCUT2D eigenvalue weighted by Gasteiger charge is -2.38. The van der Waals surface area contributed by atoms with Gasteiger partial charge >= 0.3 is 5.76 Å². The molecule has 40 heavy (non-hydrogen) atoms. The maximum atomic E-state index is 11.8. The van der Waals surface area contributed by atoms with Crippen molar-refractivity contribution < 1.29 is 9.26 Å². The lowest BCUT2D eigenvalue weighted by atomic mass is 9.83. The van der Waals surface area contributed by atoms with Crippen molar-refractivity contribution in [2.24, 2.45) is 17.8 Å². The summed E-state index contributed by atoms with van der Waals surface area (Å²) in [6.45, 7) is 9.74. The molecule has 212 valence electrons.